The van der Waals surface area contributed by atoms with Gasteiger partial charge in [0, 0.05) is 5.54 Å². The molecule has 1 aromatic carbocycles. The molecule has 0 saturated heterocycles. The third-order valence-electron chi connectivity index (χ3n) is 3.33. The smallest absolute Gasteiger partial charge is 0.335 e. The molecule has 0 saturated carbocycles. The molecule has 0 heterocycles. The molecule has 6 heteroatoms. The Bertz CT molecular complexity index is 648. The summed E-state index contributed by atoms with van der Waals surface area (Å²) in [5.41, 5.74) is 0.521. The third kappa shape index (κ3) is 4.28. The first kappa shape index (κ1) is 17.7. The van der Waals surface area contributed by atoms with Crippen LogP contribution in [0.3, 0.4) is 0 Å². The van der Waals surface area contributed by atoms with Crippen molar-refractivity contribution >= 4 is 16.0 Å². The van der Waals surface area contributed by atoms with E-state index in [1.165, 1.54) is 6.07 Å². The molecule has 0 aliphatic heterocycles. The van der Waals surface area contributed by atoms with Crippen molar-refractivity contribution in [1.82, 2.24) is 4.72 Å². The summed E-state index contributed by atoms with van der Waals surface area (Å²) in [6.45, 7) is 8.93. The van der Waals surface area contributed by atoms with E-state index in [1.807, 2.05) is 20.8 Å². The number of hydrogen-bond donors (Lipinski definition) is 2. The Morgan fingerprint density at radius 3 is 2.29 bits per heavy atom. The van der Waals surface area contributed by atoms with Gasteiger partial charge in [-0.3, -0.25) is 0 Å². The Balaban J connectivity index is 3.32. The fourth-order valence-corrected chi connectivity index (χ4v) is 4.14. The Labute approximate surface area is 126 Å². The topological polar surface area (TPSA) is 83.5 Å². The zero-order valence-electron chi connectivity index (χ0n) is 13.1. The van der Waals surface area contributed by atoms with E-state index in [0.717, 1.165) is 6.42 Å². The summed E-state index contributed by atoms with van der Waals surface area (Å²) in [6, 6.07) is 2.82. The van der Waals surface area contributed by atoms with Crippen molar-refractivity contribution < 1.29 is 18.3 Å². The summed E-state index contributed by atoms with van der Waals surface area (Å²) >= 11 is 0. The maximum atomic E-state index is 12.5. The molecule has 0 atom stereocenters. The van der Waals surface area contributed by atoms with E-state index in [4.69, 9.17) is 5.11 Å². The van der Waals surface area contributed by atoms with Crippen LogP contribution in [0.2, 0.25) is 0 Å². The molecule has 118 valence electrons. The standard InChI is InChI=1S/C15H23NO4S/c1-6-7-15(4,5)16-21(19,20)13-9-12(14(17)18)10(2)8-11(13)3/h8-9,16H,6-7H2,1-5H3,(H,17,18). The van der Waals surface area contributed by atoms with Crippen molar-refractivity contribution in [3.8, 4) is 0 Å². The quantitative estimate of drug-likeness (QED) is 0.846. The third-order valence-corrected chi connectivity index (χ3v) is 5.17. The molecule has 0 aliphatic carbocycles. The fourth-order valence-electron chi connectivity index (χ4n) is 2.45. The van der Waals surface area contributed by atoms with Gasteiger partial charge in [-0.15, -0.1) is 0 Å². The lowest BCUT2D eigenvalue weighted by atomic mass is 10.0. The highest BCUT2D eigenvalue weighted by Crippen LogP contribution is 2.23. The van der Waals surface area contributed by atoms with Crippen molar-refractivity contribution in [3.63, 3.8) is 0 Å². The van der Waals surface area contributed by atoms with Gasteiger partial charge < -0.3 is 5.11 Å². The van der Waals surface area contributed by atoms with Crippen LogP contribution in [0.1, 0.15) is 55.1 Å². The molecule has 0 aromatic heterocycles. The molecule has 0 unspecified atom stereocenters. The van der Waals surface area contributed by atoms with E-state index in [1.54, 1.807) is 19.9 Å². The monoisotopic (exact) mass is 313 g/mol. The fraction of sp³-hybridized carbons (Fsp3) is 0.533. The van der Waals surface area contributed by atoms with Crippen LogP contribution < -0.4 is 4.72 Å². The SMILES string of the molecule is CCCC(C)(C)NS(=O)(=O)c1cc(C(=O)O)c(C)cc1C. The lowest BCUT2D eigenvalue weighted by molar-refractivity contribution is 0.0696. The summed E-state index contributed by atoms with van der Waals surface area (Å²) in [5.74, 6) is -1.13. The number of nitrogens with one attached hydrogen (secondary N) is 1. The van der Waals surface area contributed by atoms with Gasteiger partial charge in [0.2, 0.25) is 10.0 Å². The van der Waals surface area contributed by atoms with Crippen molar-refractivity contribution in [2.45, 2.75) is 57.9 Å². The summed E-state index contributed by atoms with van der Waals surface area (Å²) < 4.78 is 27.7. The summed E-state index contributed by atoms with van der Waals surface area (Å²) in [4.78, 5) is 11.2. The largest absolute Gasteiger partial charge is 0.478 e. The molecule has 1 rings (SSSR count). The second kappa shape index (κ2) is 6.15. The van der Waals surface area contributed by atoms with Gasteiger partial charge in [-0.25, -0.2) is 17.9 Å². The molecule has 5 nitrogen and oxygen atoms in total. The van der Waals surface area contributed by atoms with E-state index >= 15 is 0 Å². The molecule has 0 bridgehead atoms. The van der Waals surface area contributed by atoms with Gasteiger partial charge in [0.05, 0.1) is 10.5 Å². The van der Waals surface area contributed by atoms with Crippen molar-refractivity contribution in [2.75, 3.05) is 0 Å². The second-order valence-corrected chi connectivity index (χ2v) is 7.63. The van der Waals surface area contributed by atoms with Crippen LogP contribution in [0.25, 0.3) is 0 Å². The van der Waals surface area contributed by atoms with Gasteiger partial charge in [-0.05, 0) is 51.3 Å². The van der Waals surface area contributed by atoms with Crippen LogP contribution in [0.5, 0.6) is 0 Å². The van der Waals surface area contributed by atoms with Crippen LogP contribution in [-0.4, -0.2) is 25.0 Å². The average Bonchev–Trinajstić information content (AvgIpc) is 2.25. The summed E-state index contributed by atoms with van der Waals surface area (Å²) in [6.07, 6.45) is 1.55. The number of benzene rings is 1. The van der Waals surface area contributed by atoms with Crippen molar-refractivity contribution in [1.29, 1.82) is 0 Å². The number of carbonyl (C=O) groups is 1. The molecular formula is C15H23NO4S. The van der Waals surface area contributed by atoms with Crippen LogP contribution in [0, 0.1) is 13.8 Å². The first-order valence-corrected chi connectivity index (χ1v) is 8.37. The molecule has 1 aromatic rings. The molecule has 0 spiro atoms. The molecule has 2 N–H and O–H groups in total. The molecule has 0 fully saturated rings. The van der Waals surface area contributed by atoms with Gasteiger partial charge in [0.15, 0.2) is 0 Å². The van der Waals surface area contributed by atoms with Gasteiger partial charge in [0.25, 0.3) is 0 Å². The highest BCUT2D eigenvalue weighted by molar-refractivity contribution is 7.89. The number of carboxylic acid groups (broad SMARTS) is 1. The Kier molecular flexibility index (Phi) is 5.17. The maximum Gasteiger partial charge on any atom is 0.335 e. The Morgan fingerprint density at radius 1 is 1.24 bits per heavy atom. The highest BCUT2D eigenvalue weighted by atomic mass is 32.2. The summed E-state index contributed by atoms with van der Waals surface area (Å²) in [7, 11) is -3.76. The van der Waals surface area contributed by atoms with E-state index in [9.17, 15) is 13.2 Å². The second-order valence-electron chi connectivity index (χ2n) is 5.98. The minimum atomic E-state index is -3.76. The number of aryl methyl sites for hydroxylation is 2. The van der Waals surface area contributed by atoms with Gasteiger partial charge in [0.1, 0.15) is 0 Å². The minimum Gasteiger partial charge on any atom is -0.478 e. The van der Waals surface area contributed by atoms with Gasteiger partial charge in [-0.2, -0.15) is 0 Å². The lowest BCUT2D eigenvalue weighted by Gasteiger charge is -2.26. The first-order valence-electron chi connectivity index (χ1n) is 6.88. The van der Waals surface area contributed by atoms with Crippen LogP contribution in [0.4, 0.5) is 0 Å². The van der Waals surface area contributed by atoms with Crippen LogP contribution >= 0.6 is 0 Å². The number of rotatable bonds is 6. The number of sulfonamides is 1. The molecule has 21 heavy (non-hydrogen) atoms. The van der Waals surface area contributed by atoms with E-state index < -0.39 is 21.5 Å². The van der Waals surface area contributed by atoms with Gasteiger partial charge >= 0.3 is 5.97 Å². The molecule has 0 aliphatic rings. The Morgan fingerprint density at radius 2 is 1.81 bits per heavy atom. The average molecular weight is 313 g/mol. The van der Waals surface area contributed by atoms with Crippen LogP contribution in [0.15, 0.2) is 17.0 Å². The number of hydrogen-bond acceptors (Lipinski definition) is 3. The van der Waals surface area contributed by atoms with Crippen molar-refractivity contribution in [3.05, 3.63) is 28.8 Å². The zero-order valence-corrected chi connectivity index (χ0v) is 14.0. The number of carboxylic acids is 1. The minimum absolute atomic E-state index is 0.00859. The summed E-state index contributed by atoms with van der Waals surface area (Å²) in [5, 5.41) is 9.15. The number of aromatic carboxylic acids is 1. The van der Waals surface area contributed by atoms with E-state index in [-0.39, 0.29) is 10.5 Å². The normalized spacial score (nSPS) is 12.4. The van der Waals surface area contributed by atoms with Crippen molar-refractivity contribution in [2.24, 2.45) is 0 Å². The van der Waals surface area contributed by atoms with Gasteiger partial charge in [-0.1, -0.05) is 19.4 Å². The zero-order chi connectivity index (χ0) is 16.4. The van der Waals surface area contributed by atoms with E-state index in [0.29, 0.717) is 17.5 Å². The molecule has 0 radical (unpaired) electrons. The van der Waals surface area contributed by atoms with Crippen LogP contribution in [-0.2, 0) is 10.0 Å². The maximum absolute atomic E-state index is 12.5. The molecular weight excluding hydrogens is 290 g/mol. The highest BCUT2D eigenvalue weighted by Gasteiger charge is 2.27. The predicted octanol–water partition coefficient (Wildman–Crippen LogP) is 2.86. The lowest BCUT2D eigenvalue weighted by Crippen LogP contribution is -2.43. The Hall–Kier alpha value is -1.40. The van der Waals surface area contributed by atoms with E-state index in [2.05, 4.69) is 4.72 Å². The molecule has 0 amide bonds. The predicted molar refractivity (Wildman–Crippen MR) is 82.2 cm³/mol. The first-order chi connectivity index (χ1) is 9.50.